The van der Waals surface area contributed by atoms with Crippen LogP contribution in [0.2, 0.25) is 0 Å². The van der Waals surface area contributed by atoms with E-state index < -0.39 is 78.4 Å². The fourth-order valence-corrected chi connectivity index (χ4v) is 6.28. The number of carbonyl (C=O) groups excluding carboxylic acids is 6. The number of carbonyl (C=O) groups is 6. The van der Waals surface area contributed by atoms with E-state index in [1.807, 2.05) is 50.2 Å². The van der Waals surface area contributed by atoms with Crippen LogP contribution in [0, 0.1) is 11.8 Å². The smallest absolute Gasteiger partial charge is 0.408 e. The molecule has 1 aliphatic rings. The lowest BCUT2D eigenvalue weighted by Gasteiger charge is -2.33. The van der Waals surface area contributed by atoms with Gasteiger partial charge in [-0.3, -0.25) is 24.1 Å². The maximum atomic E-state index is 13.8. The van der Waals surface area contributed by atoms with Crippen molar-refractivity contribution in [3.8, 4) is 0 Å². The van der Waals surface area contributed by atoms with Crippen molar-refractivity contribution in [2.24, 2.45) is 17.6 Å². The molecular weight excluding hydrogens is 696 g/mol. The minimum atomic E-state index is -1.39. The average Bonchev–Trinajstić information content (AvgIpc) is 3.62. The number of hydrogen-bond acceptors (Lipinski definition) is 10. The monoisotopic (exact) mass is 752 g/mol. The minimum absolute atomic E-state index is 0.0130. The summed E-state index contributed by atoms with van der Waals surface area (Å²) in [6, 6.07) is 13.3. The molecule has 15 nitrogen and oxygen atoms in total. The molecule has 7 atom stereocenters. The molecule has 296 valence electrons. The first-order valence-corrected chi connectivity index (χ1v) is 18.4. The van der Waals surface area contributed by atoms with E-state index in [1.165, 1.54) is 7.11 Å². The topological polar surface area (TPSA) is 218 Å². The lowest BCUT2D eigenvalue weighted by atomic mass is 9.96. The minimum Gasteiger partial charge on any atom is -0.467 e. The third-order valence-electron chi connectivity index (χ3n) is 9.62. The number of hydrogen-bond donors (Lipinski definition) is 6. The van der Waals surface area contributed by atoms with Crippen LogP contribution in [0.1, 0.15) is 64.5 Å². The van der Waals surface area contributed by atoms with Gasteiger partial charge in [0.2, 0.25) is 23.6 Å². The summed E-state index contributed by atoms with van der Waals surface area (Å²) in [5.74, 6) is -3.58. The molecule has 2 aromatic carbocycles. The molecule has 0 bridgehead atoms. The van der Waals surface area contributed by atoms with Crippen molar-refractivity contribution in [3.63, 3.8) is 0 Å². The first kappa shape index (κ1) is 43.4. The second-order valence-electron chi connectivity index (χ2n) is 14.1. The van der Waals surface area contributed by atoms with Gasteiger partial charge in [-0.05, 0) is 48.8 Å². The summed E-state index contributed by atoms with van der Waals surface area (Å²) in [5, 5.41) is 22.5. The van der Waals surface area contributed by atoms with Gasteiger partial charge in [0.15, 0.2) is 0 Å². The van der Waals surface area contributed by atoms with Crippen LogP contribution >= 0.6 is 0 Å². The first-order chi connectivity index (χ1) is 25.7. The molecule has 15 heteroatoms. The quantitative estimate of drug-likeness (QED) is 0.107. The SMILES string of the molecule is CC[C@H](C)[C@H](NC(=O)C1CCCN1C[C@@H](O)[C@H](Cc1ccccc1)NC(=O)[C@H](CC(N)=O)NC(=O)OCc1ccccc1)C(=O)N[C@H](C(=O)OC)C(C)C. The van der Waals surface area contributed by atoms with Gasteiger partial charge < -0.3 is 41.6 Å². The van der Waals surface area contributed by atoms with Crippen molar-refractivity contribution in [2.45, 2.75) is 103 Å². The fourth-order valence-electron chi connectivity index (χ4n) is 6.28. The van der Waals surface area contributed by atoms with E-state index in [1.54, 1.807) is 43.0 Å². The number of alkyl carbamates (subject to hydrolysis) is 1. The maximum Gasteiger partial charge on any atom is 0.408 e. The van der Waals surface area contributed by atoms with Crippen molar-refractivity contribution < 1.29 is 43.3 Å². The third kappa shape index (κ3) is 13.4. The zero-order valence-electron chi connectivity index (χ0n) is 31.8. The van der Waals surface area contributed by atoms with E-state index in [2.05, 4.69) is 21.3 Å². The summed E-state index contributed by atoms with van der Waals surface area (Å²) in [6.07, 6.45) is -0.773. The highest BCUT2D eigenvalue weighted by atomic mass is 16.5. The summed E-state index contributed by atoms with van der Waals surface area (Å²) in [7, 11) is 1.25. The van der Waals surface area contributed by atoms with Crippen molar-refractivity contribution in [1.29, 1.82) is 0 Å². The van der Waals surface area contributed by atoms with Crippen LogP contribution in [-0.2, 0) is 46.5 Å². The molecule has 1 unspecified atom stereocenters. The van der Waals surface area contributed by atoms with E-state index in [-0.39, 0.29) is 31.4 Å². The summed E-state index contributed by atoms with van der Waals surface area (Å²) in [4.78, 5) is 79.6. The normalized spacial score (nSPS) is 17.6. The predicted molar refractivity (Wildman–Crippen MR) is 200 cm³/mol. The Morgan fingerprint density at radius 3 is 2.07 bits per heavy atom. The van der Waals surface area contributed by atoms with Gasteiger partial charge in [-0.1, -0.05) is 94.8 Å². The maximum absolute atomic E-state index is 13.8. The van der Waals surface area contributed by atoms with E-state index in [9.17, 15) is 33.9 Å². The first-order valence-electron chi connectivity index (χ1n) is 18.4. The predicted octanol–water partition coefficient (Wildman–Crippen LogP) is 1.55. The molecule has 0 spiro atoms. The van der Waals surface area contributed by atoms with Gasteiger partial charge in [0.1, 0.15) is 24.7 Å². The van der Waals surface area contributed by atoms with Crippen LogP contribution in [0.4, 0.5) is 4.79 Å². The highest BCUT2D eigenvalue weighted by Gasteiger charge is 2.38. The van der Waals surface area contributed by atoms with Gasteiger partial charge in [-0.15, -0.1) is 0 Å². The number of rotatable bonds is 20. The highest BCUT2D eigenvalue weighted by Crippen LogP contribution is 2.21. The van der Waals surface area contributed by atoms with Crippen LogP contribution in [0.15, 0.2) is 60.7 Å². The number of methoxy groups -OCH3 is 1. The molecule has 0 saturated carbocycles. The van der Waals surface area contributed by atoms with Crippen LogP contribution in [0.5, 0.6) is 0 Å². The van der Waals surface area contributed by atoms with Crippen molar-refractivity contribution in [2.75, 3.05) is 20.2 Å². The number of primary amides is 1. The van der Waals surface area contributed by atoms with Gasteiger partial charge in [0, 0.05) is 6.54 Å². The molecule has 0 aliphatic carbocycles. The number of nitrogens with zero attached hydrogens (tertiary/aromatic N) is 1. The van der Waals surface area contributed by atoms with Crippen molar-refractivity contribution in [1.82, 2.24) is 26.2 Å². The number of nitrogens with one attached hydrogen (secondary N) is 4. The second kappa shape index (κ2) is 21.6. The van der Waals surface area contributed by atoms with Gasteiger partial charge in [0.05, 0.1) is 31.7 Å². The van der Waals surface area contributed by atoms with Gasteiger partial charge in [-0.2, -0.15) is 0 Å². The van der Waals surface area contributed by atoms with E-state index in [4.69, 9.17) is 15.2 Å². The zero-order valence-corrected chi connectivity index (χ0v) is 31.8. The summed E-state index contributed by atoms with van der Waals surface area (Å²) < 4.78 is 10.1. The molecule has 0 radical (unpaired) electrons. The molecule has 5 amide bonds. The Balaban J connectivity index is 1.75. The Morgan fingerprint density at radius 1 is 0.870 bits per heavy atom. The zero-order chi connectivity index (χ0) is 39.8. The van der Waals surface area contributed by atoms with Crippen molar-refractivity contribution >= 4 is 35.7 Å². The Labute approximate surface area is 317 Å². The van der Waals surface area contributed by atoms with Crippen LogP contribution in [0.25, 0.3) is 0 Å². The van der Waals surface area contributed by atoms with E-state index in [0.717, 1.165) is 11.1 Å². The molecule has 0 aromatic heterocycles. The number of amides is 5. The Bertz CT molecular complexity index is 1540. The van der Waals surface area contributed by atoms with Gasteiger partial charge in [0.25, 0.3) is 0 Å². The highest BCUT2D eigenvalue weighted by molar-refractivity contribution is 5.92. The number of ether oxygens (including phenoxy) is 2. The fraction of sp³-hybridized carbons (Fsp3) is 0.538. The van der Waals surface area contributed by atoms with Crippen LogP contribution in [0.3, 0.4) is 0 Å². The number of aliphatic hydroxyl groups excluding tert-OH is 1. The van der Waals surface area contributed by atoms with E-state index in [0.29, 0.717) is 25.8 Å². The molecule has 1 fully saturated rings. The lowest BCUT2D eigenvalue weighted by Crippen LogP contribution is -2.59. The standard InChI is InChI=1S/C39H56N6O9/c1-6-25(4)34(37(50)43-33(24(2)3)38(51)53-5)44-36(49)30-18-13-19-45(30)22-31(46)28(20-26-14-9-7-10-15-26)41-35(48)29(21-32(40)47)42-39(52)54-23-27-16-11-8-12-17-27/h7-12,14-17,24-25,28-31,33-34,46H,6,13,18-23H2,1-5H3,(H2,40,47)(H,41,48)(H,42,52)(H,43,50)(H,44,49)/t25-,28-,29-,30?,31+,33-,34-/m0/s1. The van der Waals surface area contributed by atoms with Crippen LogP contribution in [-0.4, -0.2) is 102 Å². The number of esters is 1. The molecule has 7 N–H and O–H groups in total. The Morgan fingerprint density at radius 2 is 1.50 bits per heavy atom. The molecule has 1 saturated heterocycles. The van der Waals surface area contributed by atoms with E-state index >= 15 is 0 Å². The number of aliphatic hydroxyl groups is 1. The van der Waals surface area contributed by atoms with Gasteiger partial charge >= 0.3 is 12.1 Å². The van der Waals surface area contributed by atoms with Gasteiger partial charge in [-0.25, -0.2) is 9.59 Å². The summed E-state index contributed by atoms with van der Waals surface area (Å²) in [6.45, 7) is 7.69. The Hall–Kier alpha value is -5.02. The molecule has 1 heterocycles. The number of benzene rings is 2. The lowest BCUT2D eigenvalue weighted by molar-refractivity contribution is -0.147. The molecule has 1 aliphatic heterocycles. The van der Waals surface area contributed by atoms with Crippen molar-refractivity contribution in [3.05, 3.63) is 71.8 Å². The number of β-amino-alcohol motifs (C(OH)–C–C–N with tert-alkyl or cyclic N) is 1. The molecule has 54 heavy (non-hydrogen) atoms. The molecular formula is C39H56N6O9. The second-order valence-corrected chi connectivity index (χ2v) is 14.1. The number of nitrogens with two attached hydrogens (primary N) is 1. The largest absolute Gasteiger partial charge is 0.467 e. The summed E-state index contributed by atoms with van der Waals surface area (Å²) >= 11 is 0. The average molecular weight is 753 g/mol. The molecule has 2 aromatic rings. The van der Waals surface area contributed by atoms with Crippen LogP contribution < -0.4 is 27.0 Å². The Kier molecular flexibility index (Phi) is 17.4. The summed E-state index contributed by atoms with van der Waals surface area (Å²) in [5.41, 5.74) is 6.95. The number of likely N-dealkylation sites (tertiary alicyclic amines) is 1. The third-order valence-corrected chi connectivity index (χ3v) is 9.62. The molecule has 3 rings (SSSR count).